The first-order chi connectivity index (χ1) is 14.7. The fourth-order valence-corrected chi connectivity index (χ4v) is 2.99. The van der Waals surface area contributed by atoms with Crippen LogP contribution in [-0.2, 0) is 16.2 Å². The van der Waals surface area contributed by atoms with Gasteiger partial charge in [-0.1, -0.05) is 0 Å². The first-order valence-corrected chi connectivity index (χ1v) is 10.2. The number of alkyl halides is 6. The van der Waals surface area contributed by atoms with Gasteiger partial charge in [0.2, 0.25) is 5.82 Å². The van der Waals surface area contributed by atoms with Crippen molar-refractivity contribution in [2.75, 3.05) is 29.8 Å². The second-order valence-electron chi connectivity index (χ2n) is 5.95. The van der Waals surface area contributed by atoms with Gasteiger partial charge in [0.1, 0.15) is 11.4 Å². The number of hydrogen-bond donors (Lipinski definition) is 2. The van der Waals surface area contributed by atoms with Gasteiger partial charge in [-0.2, -0.15) is 39.7 Å². The lowest BCUT2D eigenvalue weighted by Crippen LogP contribution is -2.30. The predicted molar refractivity (Wildman–Crippen MR) is 101 cm³/mol. The van der Waals surface area contributed by atoms with Gasteiger partial charge in [-0.15, -0.1) is 15.3 Å². The van der Waals surface area contributed by atoms with E-state index in [9.17, 15) is 34.8 Å². The van der Waals surface area contributed by atoms with Crippen LogP contribution in [0.2, 0.25) is 0 Å². The Bertz CT molecular complexity index is 1080. The molecule has 1 aromatic heterocycles. The number of ether oxygens (including phenoxy) is 1. The molecule has 0 amide bonds. The number of rotatable bonds is 8. The van der Waals surface area contributed by atoms with Crippen LogP contribution in [0.3, 0.4) is 0 Å². The number of aromatic nitrogens is 3. The number of aromatic amines is 1. The van der Waals surface area contributed by atoms with E-state index in [1.165, 1.54) is 11.8 Å². The molecule has 0 saturated heterocycles. The van der Waals surface area contributed by atoms with Gasteiger partial charge >= 0.3 is 21.7 Å². The number of anilines is 2. The maximum Gasteiger partial charge on any atom is 0.516 e. The van der Waals surface area contributed by atoms with E-state index in [-0.39, 0.29) is 11.4 Å². The van der Waals surface area contributed by atoms with Crippen molar-refractivity contribution in [1.82, 2.24) is 15.2 Å². The van der Waals surface area contributed by atoms with E-state index in [0.717, 1.165) is 12.1 Å². The summed E-state index contributed by atoms with van der Waals surface area (Å²) in [5, 5.41) is 11.6. The molecule has 10 nitrogen and oxygen atoms in total. The van der Waals surface area contributed by atoms with Crippen LogP contribution in [0.4, 0.5) is 49.4 Å². The van der Waals surface area contributed by atoms with Crippen LogP contribution in [0.15, 0.2) is 22.4 Å². The first kappa shape index (κ1) is 25.2. The number of nitrogens with one attached hydrogen (secondary N) is 2. The van der Waals surface area contributed by atoms with E-state index in [0.29, 0.717) is 13.1 Å². The summed E-state index contributed by atoms with van der Waals surface area (Å²) in [6.45, 7) is 4.29. The number of sulfonamides is 1. The zero-order chi connectivity index (χ0) is 24.3. The Labute approximate surface area is 177 Å². The highest BCUT2D eigenvalue weighted by atomic mass is 32.2. The van der Waals surface area contributed by atoms with Gasteiger partial charge in [-0.05, 0) is 19.9 Å². The van der Waals surface area contributed by atoms with Gasteiger partial charge in [-0.3, -0.25) is 9.82 Å². The second-order valence-corrected chi connectivity index (χ2v) is 7.62. The highest BCUT2D eigenvalue weighted by Gasteiger charge is 2.46. The zero-order valence-corrected chi connectivity index (χ0v) is 17.5. The third-order valence-corrected chi connectivity index (χ3v) is 5.04. The molecule has 0 unspecified atom stereocenters. The van der Waals surface area contributed by atoms with E-state index in [2.05, 4.69) is 20.3 Å². The Morgan fingerprint density at radius 1 is 1.12 bits per heavy atom. The molecule has 0 atom stereocenters. The normalized spacial score (nSPS) is 12.9. The average Bonchev–Trinajstić information content (AvgIpc) is 3.16. The molecule has 0 aliphatic heterocycles. The first-order valence-electron chi connectivity index (χ1n) is 8.70. The largest absolute Gasteiger partial charge is 0.516 e. The van der Waals surface area contributed by atoms with E-state index in [1.54, 1.807) is 23.8 Å². The number of methoxy groups -OCH3 is 1. The molecule has 1 heterocycles. The van der Waals surface area contributed by atoms with Crippen LogP contribution in [0, 0.1) is 0 Å². The summed E-state index contributed by atoms with van der Waals surface area (Å²) in [4.78, 5) is 4.71. The summed E-state index contributed by atoms with van der Waals surface area (Å²) >= 11 is 0. The molecular formula is C15H17F6N7O3S. The quantitative estimate of drug-likeness (QED) is 0.420. The number of nitrogens with zero attached hydrogens (tertiary/aromatic N) is 5. The van der Waals surface area contributed by atoms with Crippen molar-refractivity contribution in [1.29, 1.82) is 0 Å². The van der Waals surface area contributed by atoms with Crippen LogP contribution in [0.25, 0.3) is 0 Å². The summed E-state index contributed by atoms with van der Waals surface area (Å²) < 4.78 is 106. The summed E-state index contributed by atoms with van der Waals surface area (Å²) in [5.74, 6) is -2.16. The van der Waals surface area contributed by atoms with E-state index in [4.69, 9.17) is 4.74 Å². The second kappa shape index (κ2) is 9.17. The third-order valence-electron chi connectivity index (χ3n) is 3.94. The van der Waals surface area contributed by atoms with Crippen LogP contribution >= 0.6 is 0 Å². The summed E-state index contributed by atoms with van der Waals surface area (Å²) in [7, 11) is -4.59. The van der Waals surface area contributed by atoms with Crippen molar-refractivity contribution < 1.29 is 39.5 Å². The fourth-order valence-electron chi connectivity index (χ4n) is 2.42. The molecule has 0 aliphatic rings. The minimum absolute atomic E-state index is 0.101. The molecule has 32 heavy (non-hydrogen) atoms. The topological polar surface area (TPSA) is 125 Å². The zero-order valence-electron chi connectivity index (χ0n) is 16.7. The number of H-pyrrole nitrogens is 1. The summed E-state index contributed by atoms with van der Waals surface area (Å²) in [5.41, 5.74) is -6.51. The molecule has 0 spiro atoms. The van der Waals surface area contributed by atoms with Gasteiger partial charge in [0.05, 0.1) is 18.5 Å². The monoisotopic (exact) mass is 489 g/mol. The van der Waals surface area contributed by atoms with Gasteiger partial charge in [0, 0.05) is 19.2 Å². The van der Waals surface area contributed by atoms with E-state index >= 15 is 0 Å². The molecule has 2 rings (SSSR count). The van der Waals surface area contributed by atoms with Crippen LogP contribution in [0.5, 0.6) is 5.75 Å². The van der Waals surface area contributed by atoms with E-state index < -0.39 is 44.9 Å². The van der Waals surface area contributed by atoms with Crippen LogP contribution in [0.1, 0.15) is 19.7 Å². The standard InChI is InChI=1S/C15H17F6N7O3S/c1-4-28(5-2)10-6-9(27-32(29,30)15(19,20)21)8(7-11(10)31-3)23-25-13-22-12(24-26-13)14(16,17)18/h6-7,27H,4-5H2,1-3H3,(H,22,24,26). The third kappa shape index (κ3) is 5.57. The van der Waals surface area contributed by atoms with Crippen LogP contribution in [-0.4, -0.2) is 49.3 Å². The number of benzene rings is 1. The van der Waals surface area contributed by atoms with Gasteiger partial charge < -0.3 is 9.64 Å². The fraction of sp³-hybridized carbons (Fsp3) is 0.467. The Morgan fingerprint density at radius 3 is 2.22 bits per heavy atom. The Morgan fingerprint density at radius 2 is 1.75 bits per heavy atom. The summed E-state index contributed by atoms with van der Waals surface area (Å²) in [6, 6.07) is 2.12. The van der Waals surface area contributed by atoms with Crippen molar-refractivity contribution in [3.8, 4) is 5.75 Å². The number of halogens is 6. The van der Waals surface area contributed by atoms with E-state index in [1.807, 2.05) is 0 Å². The maximum absolute atomic E-state index is 12.9. The molecule has 2 aromatic rings. The lowest BCUT2D eigenvalue weighted by molar-refractivity contribution is -0.144. The van der Waals surface area contributed by atoms with Crippen molar-refractivity contribution in [2.24, 2.45) is 10.2 Å². The molecule has 2 N–H and O–H groups in total. The highest BCUT2D eigenvalue weighted by Crippen LogP contribution is 2.41. The molecule has 0 bridgehead atoms. The highest BCUT2D eigenvalue weighted by molar-refractivity contribution is 7.93. The summed E-state index contributed by atoms with van der Waals surface area (Å²) in [6.07, 6.45) is -4.84. The molecule has 17 heteroatoms. The van der Waals surface area contributed by atoms with Gasteiger partial charge in [-0.25, -0.2) is 0 Å². The Balaban J connectivity index is 2.59. The maximum atomic E-state index is 12.9. The van der Waals surface area contributed by atoms with Gasteiger partial charge in [0.25, 0.3) is 5.95 Å². The molecule has 0 fully saturated rings. The Kier molecular flexibility index (Phi) is 7.21. The number of hydrogen-bond acceptors (Lipinski definition) is 8. The minimum Gasteiger partial charge on any atom is -0.494 e. The average molecular weight is 489 g/mol. The van der Waals surface area contributed by atoms with Crippen molar-refractivity contribution >= 4 is 33.0 Å². The lowest BCUT2D eigenvalue weighted by Gasteiger charge is -2.25. The molecule has 178 valence electrons. The number of azo groups is 1. The molecule has 0 aliphatic carbocycles. The van der Waals surface area contributed by atoms with Gasteiger partial charge in [0.15, 0.2) is 0 Å². The smallest absolute Gasteiger partial charge is 0.494 e. The van der Waals surface area contributed by atoms with Crippen molar-refractivity contribution in [2.45, 2.75) is 25.5 Å². The minimum atomic E-state index is -5.84. The SMILES string of the molecule is CCN(CC)c1cc(NS(=O)(=O)C(F)(F)F)c(N=Nc2n[nH]c(C(F)(F)F)n2)cc1OC. The van der Waals surface area contributed by atoms with Crippen LogP contribution < -0.4 is 14.4 Å². The van der Waals surface area contributed by atoms with Crippen molar-refractivity contribution in [3.63, 3.8) is 0 Å². The van der Waals surface area contributed by atoms with Crippen molar-refractivity contribution in [3.05, 3.63) is 18.0 Å². The molecule has 1 aromatic carbocycles. The Hall–Kier alpha value is -3.11. The predicted octanol–water partition coefficient (Wildman–Crippen LogP) is 4.36. The lowest BCUT2D eigenvalue weighted by atomic mass is 10.2. The molecule has 0 saturated carbocycles. The molecular weight excluding hydrogens is 472 g/mol. The molecule has 0 radical (unpaired) electrons.